The predicted molar refractivity (Wildman–Crippen MR) is 106 cm³/mol. The van der Waals surface area contributed by atoms with E-state index >= 15 is 0 Å². The van der Waals surface area contributed by atoms with Gasteiger partial charge in [0, 0.05) is 31.7 Å². The molecule has 6 nitrogen and oxygen atoms in total. The molecule has 6 heteroatoms. The van der Waals surface area contributed by atoms with Gasteiger partial charge in [0.2, 0.25) is 11.8 Å². The van der Waals surface area contributed by atoms with Crippen LogP contribution in [0.15, 0.2) is 24.3 Å². The molecule has 0 bridgehead atoms. The third kappa shape index (κ3) is 8.35. The van der Waals surface area contributed by atoms with Gasteiger partial charge in [-0.15, -0.1) is 0 Å². The van der Waals surface area contributed by atoms with Gasteiger partial charge in [-0.2, -0.15) is 0 Å². The van der Waals surface area contributed by atoms with E-state index in [1.54, 1.807) is 7.11 Å². The maximum Gasteiger partial charge on any atom is 0.229 e. The summed E-state index contributed by atoms with van der Waals surface area (Å²) < 4.78 is 5.08. The zero-order valence-electron chi connectivity index (χ0n) is 16.8. The summed E-state index contributed by atoms with van der Waals surface area (Å²) in [6.07, 6.45) is 3.08. The highest BCUT2D eigenvalue weighted by Gasteiger charge is 2.28. The van der Waals surface area contributed by atoms with E-state index in [-0.39, 0.29) is 29.7 Å². The molecule has 1 rings (SSSR count). The first-order valence-electron chi connectivity index (χ1n) is 9.50. The zero-order valence-corrected chi connectivity index (χ0v) is 16.8. The molecule has 2 amide bonds. The molecule has 1 aromatic rings. The van der Waals surface area contributed by atoms with Crippen LogP contribution >= 0.6 is 0 Å². The number of hydrogen-bond acceptors (Lipinski definition) is 4. The fraction of sp³-hybridized carbons (Fsp3) is 0.571. The minimum Gasteiger partial charge on any atom is -0.380 e. The smallest absolute Gasteiger partial charge is 0.229 e. The van der Waals surface area contributed by atoms with Crippen LogP contribution in [0.5, 0.6) is 0 Å². The zero-order chi connectivity index (χ0) is 20.2. The van der Waals surface area contributed by atoms with Crippen molar-refractivity contribution in [3.8, 4) is 0 Å². The molecule has 0 aromatic heterocycles. The first-order chi connectivity index (χ1) is 12.9. The summed E-state index contributed by atoms with van der Waals surface area (Å²) >= 11 is 0. The third-order valence-corrected chi connectivity index (χ3v) is 4.51. The van der Waals surface area contributed by atoms with Gasteiger partial charge in [-0.3, -0.25) is 9.59 Å². The van der Waals surface area contributed by atoms with Gasteiger partial charge in [-0.05, 0) is 36.5 Å². The number of anilines is 1. The molecule has 0 saturated heterocycles. The highest BCUT2D eigenvalue weighted by Crippen LogP contribution is 2.17. The lowest BCUT2D eigenvalue weighted by atomic mass is 9.90. The van der Waals surface area contributed by atoms with Gasteiger partial charge in [-0.25, -0.2) is 0 Å². The SMILES string of the molecule is COCc1ccc(NC(=O)C(C)C(NC(=O)CCCCC=O)C(C)C)cc1. The average molecular weight is 376 g/mol. The summed E-state index contributed by atoms with van der Waals surface area (Å²) in [5.74, 6) is -0.464. The van der Waals surface area contributed by atoms with Gasteiger partial charge in [0.15, 0.2) is 0 Å². The van der Waals surface area contributed by atoms with Gasteiger partial charge in [0.1, 0.15) is 6.29 Å². The number of methoxy groups -OCH3 is 1. The van der Waals surface area contributed by atoms with Crippen molar-refractivity contribution in [3.05, 3.63) is 29.8 Å². The van der Waals surface area contributed by atoms with E-state index in [0.717, 1.165) is 17.5 Å². The fourth-order valence-corrected chi connectivity index (χ4v) is 2.91. The van der Waals surface area contributed by atoms with Crippen molar-refractivity contribution in [2.45, 2.75) is 59.1 Å². The summed E-state index contributed by atoms with van der Waals surface area (Å²) in [4.78, 5) is 35.1. The van der Waals surface area contributed by atoms with E-state index in [1.807, 2.05) is 45.0 Å². The summed E-state index contributed by atoms with van der Waals surface area (Å²) in [6, 6.07) is 7.25. The molecule has 2 unspecified atom stereocenters. The molecule has 0 aliphatic heterocycles. The van der Waals surface area contributed by atoms with Gasteiger partial charge >= 0.3 is 0 Å². The average Bonchev–Trinajstić information content (AvgIpc) is 2.64. The first-order valence-corrected chi connectivity index (χ1v) is 9.50. The molecule has 0 radical (unpaired) electrons. The van der Waals surface area contributed by atoms with Crippen LogP contribution in [-0.4, -0.2) is 31.3 Å². The lowest BCUT2D eigenvalue weighted by Gasteiger charge is -2.28. The largest absolute Gasteiger partial charge is 0.380 e. The van der Waals surface area contributed by atoms with Crippen LogP contribution in [0.4, 0.5) is 5.69 Å². The van der Waals surface area contributed by atoms with Crippen molar-refractivity contribution in [3.63, 3.8) is 0 Å². The van der Waals surface area contributed by atoms with E-state index < -0.39 is 0 Å². The van der Waals surface area contributed by atoms with E-state index in [0.29, 0.717) is 32.3 Å². The maximum absolute atomic E-state index is 12.6. The van der Waals surface area contributed by atoms with Crippen molar-refractivity contribution in [2.24, 2.45) is 11.8 Å². The van der Waals surface area contributed by atoms with Crippen LogP contribution in [0.3, 0.4) is 0 Å². The Hall–Kier alpha value is -2.21. The molecular weight excluding hydrogens is 344 g/mol. The molecular formula is C21H32N2O4. The summed E-state index contributed by atoms with van der Waals surface area (Å²) in [5.41, 5.74) is 1.75. The minimum absolute atomic E-state index is 0.0804. The molecule has 0 fully saturated rings. The number of hydrogen-bond donors (Lipinski definition) is 2. The molecule has 0 spiro atoms. The number of ether oxygens (including phenoxy) is 1. The normalized spacial score (nSPS) is 13.1. The summed E-state index contributed by atoms with van der Waals surface area (Å²) in [6.45, 7) is 6.33. The van der Waals surface area contributed by atoms with Crippen LogP contribution in [0.2, 0.25) is 0 Å². The minimum atomic E-state index is -0.373. The molecule has 150 valence electrons. The highest BCUT2D eigenvalue weighted by atomic mass is 16.5. The van der Waals surface area contributed by atoms with Crippen LogP contribution in [-0.2, 0) is 25.7 Å². The number of amides is 2. The lowest BCUT2D eigenvalue weighted by Crippen LogP contribution is -2.46. The summed E-state index contributed by atoms with van der Waals surface area (Å²) in [5, 5.41) is 5.89. The van der Waals surface area contributed by atoms with E-state index in [1.165, 1.54) is 0 Å². The van der Waals surface area contributed by atoms with Crippen LogP contribution < -0.4 is 10.6 Å². The predicted octanol–water partition coefficient (Wildman–Crippen LogP) is 3.31. The monoisotopic (exact) mass is 376 g/mol. The highest BCUT2D eigenvalue weighted by molar-refractivity contribution is 5.93. The number of carbonyl (C=O) groups is 3. The molecule has 0 saturated carbocycles. The molecule has 0 aliphatic rings. The molecule has 0 aliphatic carbocycles. The lowest BCUT2D eigenvalue weighted by molar-refractivity contribution is -0.124. The second-order valence-corrected chi connectivity index (χ2v) is 7.16. The quantitative estimate of drug-likeness (QED) is 0.433. The van der Waals surface area contributed by atoms with Gasteiger partial charge in [0.05, 0.1) is 12.5 Å². The molecule has 2 atom stereocenters. The van der Waals surface area contributed by atoms with Gasteiger partial charge in [0.25, 0.3) is 0 Å². The number of carbonyl (C=O) groups excluding carboxylic acids is 3. The fourth-order valence-electron chi connectivity index (χ4n) is 2.91. The number of nitrogens with one attached hydrogen (secondary N) is 2. The molecule has 27 heavy (non-hydrogen) atoms. The van der Waals surface area contributed by atoms with Gasteiger partial charge < -0.3 is 20.2 Å². The molecule has 0 heterocycles. The Morgan fingerprint density at radius 2 is 1.78 bits per heavy atom. The van der Waals surface area contributed by atoms with E-state index in [2.05, 4.69) is 10.6 Å². The second kappa shape index (κ2) is 12.2. The molecule has 2 N–H and O–H groups in total. The Bertz CT molecular complexity index is 599. The van der Waals surface area contributed by atoms with Gasteiger partial charge in [-0.1, -0.05) is 32.9 Å². The van der Waals surface area contributed by atoms with Crippen molar-refractivity contribution >= 4 is 23.8 Å². The van der Waals surface area contributed by atoms with Crippen molar-refractivity contribution in [1.82, 2.24) is 5.32 Å². The Morgan fingerprint density at radius 1 is 1.11 bits per heavy atom. The van der Waals surface area contributed by atoms with Crippen LogP contribution in [0.1, 0.15) is 52.0 Å². The Labute approximate surface area is 162 Å². The van der Waals surface area contributed by atoms with Crippen molar-refractivity contribution in [2.75, 3.05) is 12.4 Å². The number of benzene rings is 1. The van der Waals surface area contributed by atoms with Crippen LogP contribution in [0.25, 0.3) is 0 Å². The Balaban J connectivity index is 2.61. The van der Waals surface area contributed by atoms with Crippen LogP contribution in [0, 0.1) is 11.8 Å². The Morgan fingerprint density at radius 3 is 2.33 bits per heavy atom. The number of aldehydes is 1. The first kappa shape index (κ1) is 22.8. The topological polar surface area (TPSA) is 84.5 Å². The number of unbranched alkanes of at least 4 members (excludes halogenated alkanes) is 2. The standard InChI is InChI=1S/C21H32N2O4/c1-15(2)20(23-19(25)8-6-5-7-13-24)16(3)21(26)22-18-11-9-17(10-12-18)14-27-4/h9-13,15-16,20H,5-8,14H2,1-4H3,(H,22,26)(H,23,25). The van der Waals surface area contributed by atoms with Crippen molar-refractivity contribution in [1.29, 1.82) is 0 Å². The number of rotatable bonds is 12. The molecule has 1 aromatic carbocycles. The third-order valence-electron chi connectivity index (χ3n) is 4.51. The summed E-state index contributed by atoms with van der Waals surface area (Å²) in [7, 11) is 1.64. The van der Waals surface area contributed by atoms with E-state index in [9.17, 15) is 14.4 Å². The maximum atomic E-state index is 12.6. The second-order valence-electron chi connectivity index (χ2n) is 7.16. The Kier molecular flexibility index (Phi) is 10.3. The van der Waals surface area contributed by atoms with Crippen molar-refractivity contribution < 1.29 is 19.1 Å². The van der Waals surface area contributed by atoms with E-state index in [4.69, 9.17) is 4.74 Å².